The van der Waals surface area contributed by atoms with E-state index in [1.165, 1.54) is 0 Å². The SMILES string of the molecule is COc1ccc(CNc2nccn(C(C)(C)C)c2=O)cn1. The third kappa shape index (κ3) is 3.59. The van der Waals surface area contributed by atoms with E-state index in [1.54, 1.807) is 36.3 Å². The van der Waals surface area contributed by atoms with Crippen LogP contribution < -0.4 is 15.6 Å². The lowest BCUT2D eigenvalue weighted by atomic mass is 10.1. The second-order valence-electron chi connectivity index (χ2n) is 5.68. The molecule has 0 aliphatic carbocycles. The molecule has 2 aromatic heterocycles. The lowest BCUT2D eigenvalue weighted by Crippen LogP contribution is -2.35. The van der Waals surface area contributed by atoms with Gasteiger partial charge in [0, 0.05) is 36.7 Å². The highest BCUT2D eigenvalue weighted by molar-refractivity contribution is 5.33. The average molecular weight is 288 g/mol. The lowest BCUT2D eigenvalue weighted by molar-refractivity contribution is 0.383. The number of ether oxygens (including phenoxy) is 1. The second kappa shape index (κ2) is 5.95. The fraction of sp³-hybridized carbons (Fsp3) is 0.400. The number of pyridine rings is 1. The number of aromatic nitrogens is 3. The first kappa shape index (κ1) is 15.0. The van der Waals surface area contributed by atoms with Gasteiger partial charge in [-0.3, -0.25) is 4.79 Å². The number of rotatable bonds is 4. The molecule has 6 heteroatoms. The molecule has 0 atom stereocenters. The Kier molecular flexibility index (Phi) is 4.26. The number of hydrogen-bond acceptors (Lipinski definition) is 5. The molecule has 0 bridgehead atoms. The second-order valence-corrected chi connectivity index (χ2v) is 5.68. The van der Waals surface area contributed by atoms with Crippen LogP contribution in [0.4, 0.5) is 5.82 Å². The molecule has 0 saturated carbocycles. The van der Waals surface area contributed by atoms with Gasteiger partial charge >= 0.3 is 0 Å². The van der Waals surface area contributed by atoms with Gasteiger partial charge in [0.25, 0.3) is 5.56 Å². The van der Waals surface area contributed by atoms with Gasteiger partial charge in [-0.15, -0.1) is 0 Å². The minimum atomic E-state index is -0.280. The maximum atomic E-state index is 12.3. The van der Waals surface area contributed by atoms with Crippen molar-refractivity contribution < 1.29 is 4.74 Å². The van der Waals surface area contributed by atoms with Crippen molar-refractivity contribution in [2.75, 3.05) is 12.4 Å². The zero-order chi connectivity index (χ0) is 15.5. The predicted octanol–water partition coefficient (Wildman–Crippen LogP) is 2.01. The fourth-order valence-corrected chi connectivity index (χ4v) is 1.88. The Morgan fingerprint density at radius 1 is 1.29 bits per heavy atom. The molecule has 2 rings (SSSR count). The number of nitrogens with one attached hydrogen (secondary N) is 1. The minimum Gasteiger partial charge on any atom is -0.481 e. The van der Waals surface area contributed by atoms with E-state index in [0.717, 1.165) is 5.56 Å². The summed E-state index contributed by atoms with van der Waals surface area (Å²) in [5.74, 6) is 0.898. The third-order valence-corrected chi connectivity index (χ3v) is 3.03. The van der Waals surface area contributed by atoms with Gasteiger partial charge in [0.1, 0.15) is 0 Å². The van der Waals surface area contributed by atoms with E-state index in [2.05, 4.69) is 15.3 Å². The van der Waals surface area contributed by atoms with Crippen molar-refractivity contribution >= 4 is 5.82 Å². The van der Waals surface area contributed by atoms with Crippen LogP contribution in [0.25, 0.3) is 0 Å². The van der Waals surface area contributed by atoms with Crippen molar-refractivity contribution in [3.8, 4) is 5.88 Å². The largest absolute Gasteiger partial charge is 0.481 e. The van der Waals surface area contributed by atoms with Gasteiger partial charge < -0.3 is 14.6 Å². The Morgan fingerprint density at radius 3 is 2.62 bits per heavy atom. The van der Waals surface area contributed by atoms with Gasteiger partial charge in [-0.2, -0.15) is 0 Å². The highest BCUT2D eigenvalue weighted by Crippen LogP contribution is 2.11. The first-order valence-electron chi connectivity index (χ1n) is 6.73. The molecule has 1 N–H and O–H groups in total. The van der Waals surface area contributed by atoms with Crippen molar-refractivity contribution in [3.05, 3.63) is 46.6 Å². The lowest BCUT2D eigenvalue weighted by Gasteiger charge is -2.22. The zero-order valence-corrected chi connectivity index (χ0v) is 12.8. The quantitative estimate of drug-likeness (QED) is 0.932. The van der Waals surface area contributed by atoms with Crippen molar-refractivity contribution in [3.63, 3.8) is 0 Å². The van der Waals surface area contributed by atoms with Crippen molar-refractivity contribution in [1.29, 1.82) is 0 Å². The standard InChI is InChI=1S/C15H20N4O2/c1-15(2,3)19-8-7-16-13(14(19)20)18-10-11-5-6-12(21-4)17-9-11/h5-9H,10H2,1-4H3,(H,16,18). The highest BCUT2D eigenvalue weighted by atomic mass is 16.5. The molecule has 112 valence electrons. The van der Waals surface area contributed by atoms with Gasteiger partial charge in [-0.25, -0.2) is 9.97 Å². The fourth-order valence-electron chi connectivity index (χ4n) is 1.88. The van der Waals surface area contributed by atoms with Crippen LogP contribution in [0, 0.1) is 0 Å². The molecule has 0 aliphatic rings. The Bertz CT molecular complexity index is 657. The molecule has 21 heavy (non-hydrogen) atoms. The summed E-state index contributed by atoms with van der Waals surface area (Å²) in [6.45, 7) is 6.41. The van der Waals surface area contributed by atoms with Gasteiger partial charge in [0.15, 0.2) is 5.82 Å². The number of hydrogen-bond donors (Lipinski definition) is 1. The molecule has 2 aromatic rings. The average Bonchev–Trinajstić information content (AvgIpc) is 2.45. The van der Waals surface area contributed by atoms with Gasteiger partial charge in [-0.1, -0.05) is 6.07 Å². The molecule has 0 unspecified atom stereocenters. The van der Waals surface area contributed by atoms with Crippen LogP contribution in [0.5, 0.6) is 5.88 Å². The normalized spacial score (nSPS) is 11.2. The van der Waals surface area contributed by atoms with E-state index < -0.39 is 0 Å². The zero-order valence-electron chi connectivity index (χ0n) is 12.8. The van der Waals surface area contributed by atoms with Crippen LogP contribution >= 0.6 is 0 Å². The Hall–Kier alpha value is -2.37. The Morgan fingerprint density at radius 2 is 2.05 bits per heavy atom. The molecular weight excluding hydrogens is 268 g/mol. The monoisotopic (exact) mass is 288 g/mol. The summed E-state index contributed by atoms with van der Waals surface area (Å²) < 4.78 is 6.67. The van der Waals surface area contributed by atoms with Crippen molar-refractivity contribution in [1.82, 2.24) is 14.5 Å². The van der Waals surface area contributed by atoms with E-state index in [9.17, 15) is 4.79 Å². The van der Waals surface area contributed by atoms with Crippen LogP contribution in [0.2, 0.25) is 0 Å². The molecular formula is C15H20N4O2. The maximum Gasteiger partial charge on any atom is 0.293 e. The molecule has 0 spiro atoms. The van der Waals surface area contributed by atoms with Crippen molar-refractivity contribution in [2.45, 2.75) is 32.9 Å². The van der Waals surface area contributed by atoms with E-state index >= 15 is 0 Å². The maximum absolute atomic E-state index is 12.3. The summed E-state index contributed by atoms with van der Waals surface area (Å²) in [7, 11) is 1.57. The molecule has 0 fully saturated rings. The summed E-state index contributed by atoms with van der Waals surface area (Å²) in [6.07, 6.45) is 5.03. The topological polar surface area (TPSA) is 69.0 Å². The van der Waals surface area contributed by atoms with Crippen molar-refractivity contribution in [2.24, 2.45) is 0 Å². The van der Waals surface area contributed by atoms with E-state index in [0.29, 0.717) is 18.2 Å². The van der Waals surface area contributed by atoms with Crippen LogP contribution in [0.3, 0.4) is 0 Å². The molecule has 0 saturated heterocycles. The molecule has 2 heterocycles. The number of methoxy groups -OCH3 is 1. The predicted molar refractivity (Wildman–Crippen MR) is 81.6 cm³/mol. The van der Waals surface area contributed by atoms with Gasteiger partial charge in [0.05, 0.1) is 7.11 Å². The summed E-state index contributed by atoms with van der Waals surface area (Å²) in [5.41, 5.74) is 0.535. The van der Waals surface area contributed by atoms with E-state index in [-0.39, 0.29) is 11.1 Å². The van der Waals surface area contributed by atoms with E-state index in [1.807, 2.05) is 26.8 Å². The smallest absolute Gasteiger partial charge is 0.293 e. The summed E-state index contributed by atoms with van der Waals surface area (Å²) >= 11 is 0. The highest BCUT2D eigenvalue weighted by Gasteiger charge is 2.16. The minimum absolute atomic E-state index is 0.133. The number of nitrogens with zero attached hydrogens (tertiary/aromatic N) is 3. The van der Waals surface area contributed by atoms with Crippen LogP contribution in [0.1, 0.15) is 26.3 Å². The van der Waals surface area contributed by atoms with Gasteiger partial charge in [-0.05, 0) is 26.3 Å². The van der Waals surface area contributed by atoms with Crippen LogP contribution in [-0.2, 0) is 12.1 Å². The van der Waals surface area contributed by atoms with Crippen LogP contribution in [-0.4, -0.2) is 21.6 Å². The third-order valence-electron chi connectivity index (χ3n) is 3.03. The first-order valence-corrected chi connectivity index (χ1v) is 6.73. The van der Waals surface area contributed by atoms with Crippen LogP contribution in [0.15, 0.2) is 35.5 Å². The van der Waals surface area contributed by atoms with E-state index in [4.69, 9.17) is 4.74 Å². The Balaban J connectivity index is 2.15. The molecule has 0 radical (unpaired) electrons. The molecule has 0 aliphatic heterocycles. The Labute approximate surface area is 123 Å². The summed E-state index contributed by atoms with van der Waals surface area (Å²) in [6, 6.07) is 3.67. The van der Waals surface area contributed by atoms with Gasteiger partial charge in [0.2, 0.25) is 5.88 Å². The summed E-state index contributed by atoms with van der Waals surface area (Å²) in [5, 5.41) is 3.05. The first-order chi connectivity index (χ1) is 9.91. The molecule has 0 aromatic carbocycles. The molecule has 6 nitrogen and oxygen atoms in total. The molecule has 0 amide bonds. The summed E-state index contributed by atoms with van der Waals surface area (Å²) in [4.78, 5) is 20.6. The number of anilines is 1.